The summed E-state index contributed by atoms with van der Waals surface area (Å²) in [6.07, 6.45) is -8.53. The molecule has 0 fully saturated rings. The Kier molecular flexibility index (Phi) is 11.2. The molecule has 13 heteroatoms. The van der Waals surface area contributed by atoms with Crippen LogP contribution in [0.5, 0.6) is 5.75 Å². The molecule has 252 valence electrons. The third kappa shape index (κ3) is 9.19. The summed E-state index contributed by atoms with van der Waals surface area (Å²) in [5.41, 5.74) is -2.12. The van der Waals surface area contributed by atoms with E-state index in [9.17, 15) is 30.9 Å². The molecule has 45 heavy (non-hydrogen) atoms. The topological polar surface area (TPSA) is 57.1 Å². The van der Waals surface area contributed by atoms with Gasteiger partial charge in [-0.3, -0.25) is 4.57 Å². The van der Waals surface area contributed by atoms with Crippen molar-refractivity contribution in [3.05, 3.63) is 63.7 Å². The predicted molar refractivity (Wildman–Crippen MR) is 165 cm³/mol. The van der Waals surface area contributed by atoms with E-state index in [0.29, 0.717) is 11.5 Å². The van der Waals surface area contributed by atoms with E-state index in [1.165, 1.54) is 12.1 Å². The maximum Gasteiger partial charge on any atom is 0.419 e. The van der Waals surface area contributed by atoms with Crippen molar-refractivity contribution >= 4 is 24.9 Å². The van der Waals surface area contributed by atoms with E-state index >= 15 is 0 Å². The molecule has 1 heterocycles. The SMILES string of the molecule is CC1=NC(CCc2ccc(OCCCc3cc(C(F)(F)F)ccc3Cl)c(C(F)(F)F)c2)(COP(=O)(C(C)(C)C)C(C)(C)C)CO1. The number of hydrogen-bond donors (Lipinski definition) is 0. The van der Waals surface area contributed by atoms with Crippen molar-refractivity contribution in [2.75, 3.05) is 19.8 Å². The lowest BCUT2D eigenvalue weighted by Gasteiger charge is -2.41. The number of alkyl halides is 6. The van der Waals surface area contributed by atoms with Gasteiger partial charge in [0.15, 0.2) is 5.90 Å². The van der Waals surface area contributed by atoms with Gasteiger partial charge in [-0.1, -0.05) is 59.2 Å². The molecule has 1 unspecified atom stereocenters. The first kappa shape index (κ1) is 37.2. The number of halogens is 7. The van der Waals surface area contributed by atoms with Gasteiger partial charge in [0, 0.05) is 22.3 Å². The molecular weight excluding hydrogens is 643 g/mol. The fourth-order valence-corrected chi connectivity index (χ4v) is 8.78. The van der Waals surface area contributed by atoms with Crippen molar-refractivity contribution in [3.63, 3.8) is 0 Å². The quantitative estimate of drug-likeness (QED) is 0.134. The second-order valence-electron chi connectivity index (χ2n) is 13.4. The van der Waals surface area contributed by atoms with Gasteiger partial charge in [-0.2, -0.15) is 26.3 Å². The number of nitrogens with zero attached hydrogens (tertiary/aromatic N) is 1. The van der Waals surface area contributed by atoms with Crippen LogP contribution < -0.4 is 4.74 Å². The second kappa shape index (κ2) is 13.5. The molecule has 2 aromatic rings. The van der Waals surface area contributed by atoms with Crippen molar-refractivity contribution in [3.8, 4) is 5.75 Å². The lowest BCUT2D eigenvalue weighted by atomic mass is 9.93. The van der Waals surface area contributed by atoms with E-state index < -0.39 is 46.7 Å². The van der Waals surface area contributed by atoms with Crippen LogP contribution in [-0.4, -0.2) is 41.6 Å². The van der Waals surface area contributed by atoms with E-state index in [-0.39, 0.29) is 61.8 Å². The Balaban J connectivity index is 1.73. The lowest BCUT2D eigenvalue weighted by Crippen LogP contribution is -2.38. The number of aryl methyl sites for hydroxylation is 2. The van der Waals surface area contributed by atoms with Crippen LogP contribution in [-0.2, 0) is 39.0 Å². The molecule has 0 spiro atoms. The highest BCUT2D eigenvalue weighted by Crippen LogP contribution is 2.68. The fraction of sp³-hybridized carbons (Fsp3) is 0.594. The molecule has 0 saturated heterocycles. The molecule has 1 aliphatic heterocycles. The lowest BCUT2D eigenvalue weighted by molar-refractivity contribution is -0.139. The zero-order chi connectivity index (χ0) is 34.1. The van der Waals surface area contributed by atoms with Gasteiger partial charge in [0.25, 0.3) is 0 Å². The third-order valence-electron chi connectivity index (χ3n) is 7.68. The molecule has 2 aromatic carbocycles. The summed E-state index contributed by atoms with van der Waals surface area (Å²) >= 11 is 6.03. The fourth-order valence-electron chi connectivity index (χ4n) is 5.36. The monoisotopic (exact) mass is 683 g/mol. The molecular formula is C32H41ClF6NO4P. The minimum Gasteiger partial charge on any atom is -0.493 e. The van der Waals surface area contributed by atoms with Gasteiger partial charge in [-0.15, -0.1) is 0 Å². The number of benzene rings is 2. The molecule has 0 N–H and O–H groups in total. The zero-order valence-corrected chi connectivity index (χ0v) is 28.2. The first-order valence-corrected chi connectivity index (χ1v) is 16.6. The molecule has 3 rings (SSSR count). The summed E-state index contributed by atoms with van der Waals surface area (Å²) in [5.74, 6) is 0.0416. The number of rotatable bonds is 11. The van der Waals surface area contributed by atoms with E-state index in [1.54, 1.807) is 6.92 Å². The maximum atomic E-state index is 14.1. The summed E-state index contributed by atoms with van der Waals surface area (Å²) in [5, 5.41) is -1.17. The van der Waals surface area contributed by atoms with Gasteiger partial charge in [-0.25, -0.2) is 4.99 Å². The van der Waals surface area contributed by atoms with E-state index in [0.717, 1.165) is 24.3 Å². The predicted octanol–water partition coefficient (Wildman–Crippen LogP) is 10.4. The maximum absolute atomic E-state index is 14.1. The van der Waals surface area contributed by atoms with Crippen molar-refractivity contribution in [1.29, 1.82) is 0 Å². The summed E-state index contributed by atoms with van der Waals surface area (Å²) in [6, 6.07) is 6.75. The van der Waals surface area contributed by atoms with Crippen LogP contribution in [0, 0.1) is 0 Å². The van der Waals surface area contributed by atoms with Crippen molar-refractivity contribution in [2.45, 2.75) is 102 Å². The highest BCUT2D eigenvalue weighted by molar-refractivity contribution is 7.62. The first-order valence-electron chi connectivity index (χ1n) is 14.6. The smallest absolute Gasteiger partial charge is 0.419 e. The van der Waals surface area contributed by atoms with Crippen molar-refractivity contribution < 1.29 is 44.9 Å². The average molecular weight is 684 g/mol. The van der Waals surface area contributed by atoms with Crippen LogP contribution >= 0.6 is 19.0 Å². The van der Waals surface area contributed by atoms with Gasteiger partial charge in [0.05, 0.1) is 24.3 Å². The minimum atomic E-state index is -4.71. The van der Waals surface area contributed by atoms with Crippen LogP contribution in [0.2, 0.25) is 5.02 Å². The number of hydrogen-bond acceptors (Lipinski definition) is 5. The van der Waals surface area contributed by atoms with Gasteiger partial charge in [-0.05, 0) is 67.1 Å². The Morgan fingerprint density at radius 1 is 0.933 bits per heavy atom. The Labute approximate surface area is 266 Å². The van der Waals surface area contributed by atoms with Gasteiger partial charge < -0.3 is 14.0 Å². The molecule has 0 aliphatic carbocycles. The highest BCUT2D eigenvalue weighted by Gasteiger charge is 2.50. The van der Waals surface area contributed by atoms with Crippen LogP contribution in [0.4, 0.5) is 26.3 Å². The van der Waals surface area contributed by atoms with E-state index in [2.05, 4.69) is 4.99 Å². The normalized spacial score (nSPS) is 18.1. The average Bonchev–Trinajstić information content (AvgIpc) is 3.28. The molecule has 0 saturated carbocycles. The molecule has 0 amide bonds. The van der Waals surface area contributed by atoms with Crippen LogP contribution in [0.3, 0.4) is 0 Å². The molecule has 1 atom stereocenters. The first-order chi connectivity index (χ1) is 20.5. The Morgan fingerprint density at radius 2 is 1.58 bits per heavy atom. The van der Waals surface area contributed by atoms with Gasteiger partial charge >= 0.3 is 12.4 Å². The van der Waals surface area contributed by atoms with Crippen molar-refractivity contribution in [1.82, 2.24) is 0 Å². The number of ether oxygens (including phenoxy) is 2. The zero-order valence-electron chi connectivity index (χ0n) is 26.6. The van der Waals surface area contributed by atoms with Crippen LogP contribution in [0.15, 0.2) is 41.4 Å². The summed E-state index contributed by atoms with van der Waals surface area (Å²) in [4.78, 5) is 4.62. The molecule has 0 radical (unpaired) electrons. The standard InChI is InChI=1S/C32H41ClF6NO4P/c1-21-40-30(19-43-21,20-44-45(41,28(2,3)4)29(5,6)7)15-14-22-10-13-27(25(17-22)32(37,38)39)42-16-8-9-23-18-24(31(34,35)36)11-12-26(23)33/h10-13,17-18H,8-9,14-16,19-20H2,1-7H3. The summed E-state index contributed by atoms with van der Waals surface area (Å²) in [7, 11) is -3.23. The molecule has 0 aromatic heterocycles. The van der Waals surface area contributed by atoms with Crippen LogP contribution in [0.1, 0.15) is 83.6 Å². The third-order valence-corrected chi connectivity index (χ3v) is 12.1. The summed E-state index contributed by atoms with van der Waals surface area (Å²) < 4.78 is 113. The second-order valence-corrected chi connectivity index (χ2v) is 17.8. The Bertz CT molecular complexity index is 1410. The van der Waals surface area contributed by atoms with Gasteiger partial charge in [0.2, 0.25) is 7.37 Å². The molecule has 0 bridgehead atoms. The van der Waals surface area contributed by atoms with Crippen LogP contribution in [0.25, 0.3) is 0 Å². The molecule has 5 nitrogen and oxygen atoms in total. The largest absolute Gasteiger partial charge is 0.493 e. The highest BCUT2D eigenvalue weighted by atomic mass is 35.5. The van der Waals surface area contributed by atoms with E-state index in [1.807, 2.05) is 41.5 Å². The van der Waals surface area contributed by atoms with E-state index in [4.69, 9.17) is 25.6 Å². The number of aliphatic imine (C=N–C) groups is 1. The molecule has 1 aliphatic rings. The van der Waals surface area contributed by atoms with Crippen molar-refractivity contribution in [2.24, 2.45) is 4.99 Å². The minimum absolute atomic E-state index is 0.0145. The summed E-state index contributed by atoms with van der Waals surface area (Å²) in [6.45, 7) is 12.8. The Morgan fingerprint density at radius 3 is 2.11 bits per heavy atom. The Hall–Kier alpha value is -2.23. The van der Waals surface area contributed by atoms with Gasteiger partial charge in [0.1, 0.15) is 17.9 Å².